The smallest absolute Gasteiger partial charge is 0.273 e. The fourth-order valence-electron chi connectivity index (χ4n) is 1.81. The van der Waals surface area contributed by atoms with Crippen molar-refractivity contribution in [3.8, 4) is 5.75 Å². The molecule has 0 unspecified atom stereocenters. The van der Waals surface area contributed by atoms with Crippen molar-refractivity contribution >= 4 is 38.6 Å². The largest absolute Gasteiger partial charge is 0.496 e. The van der Waals surface area contributed by atoms with E-state index in [1.54, 1.807) is 26.2 Å². The predicted octanol–water partition coefficient (Wildman–Crippen LogP) is 3.22. The van der Waals surface area contributed by atoms with E-state index in [0.29, 0.717) is 11.4 Å². The van der Waals surface area contributed by atoms with Gasteiger partial charge < -0.3 is 4.74 Å². The molecule has 1 N–H and O–H groups in total. The second-order valence-electron chi connectivity index (χ2n) is 4.13. The van der Waals surface area contributed by atoms with Gasteiger partial charge in [0.2, 0.25) is 0 Å². The SMILES string of the molecule is COc1c(C)ccc(NS(=O)(=O)c2cnc(Cl)s2)c1C. The summed E-state index contributed by atoms with van der Waals surface area (Å²) in [5, 5.41) is 0. The highest BCUT2D eigenvalue weighted by Gasteiger charge is 2.19. The third-order valence-corrected chi connectivity index (χ3v) is 5.71. The number of thiazole rings is 1. The van der Waals surface area contributed by atoms with Crippen LogP contribution in [0.3, 0.4) is 0 Å². The lowest BCUT2D eigenvalue weighted by Crippen LogP contribution is -2.13. The number of anilines is 1. The van der Waals surface area contributed by atoms with Crippen LogP contribution in [0.2, 0.25) is 4.47 Å². The third-order valence-electron chi connectivity index (χ3n) is 2.77. The second-order valence-corrected chi connectivity index (χ2v) is 7.65. The summed E-state index contributed by atoms with van der Waals surface area (Å²) in [7, 11) is -2.13. The van der Waals surface area contributed by atoms with Gasteiger partial charge in [-0.2, -0.15) is 0 Å². The summed E-state index contributed by atoms with van der Waals surface area (Å²) in [6.07, 6.45) is 1.23. The van der Waals surface area contributed by atoms with Crippen molar-refractivity contribution in [3.63, 3.8) is 0 Å². The fraction of sp³-hybridized carbons (Fsp3) is 0.250. The van der Waals surface area contributed by atoms with Crippen molar-refractivity contribution in [2.24, 2.45) is 0 Å². The van der Waals surface area contributed by atoms with Gasteiger partial charge in [0.15, 0.2) is 8.68 Å². The Morgan fingerprint density at radius 1 is 1.35 bits per heavy atom. The molecule has 0 aliphatic heterocycles. The quantitative estimate of drug-likeness (QED) is 0.933. The summed E-state index contributed by atoms with van der Waals surface area (Å²) in [5.41, 5.74) is 2.14. The molecule has 0 saturated heterocycles. The van der Waals surface area contributed by atoms with Crippen LogP contribution in [0.15, 0.2) is 22.5 Å². The Labute approximate surface area is 126 Å². The predicted molar refractivity (Wildman–Crippen MR) is 80.4 cm³/mol. The van der Waals surface area contributed by atoms with Crippen LogP contribution in [0.25, 0.3) is 0 Å². The van der Waals surface area contributed by atoms with Gasteiger partial charge in [0.05, 0.1) is 19.0 Å². The van der Waals surface area contributed by atoms with E-state index < -0.39 is 10.0 Å². The summed E-state index contributed by atoms with van der Waals surface area (Å²) in [4.78, 5) is 3.73. The molecular weight excluding hydrogens is 320 g/mol. The van der Waals surface area contributed by atoms with E-state index in [2.05, 4.69) is 9.71 Å². The molecule has 2 aromatic rings. The summed E-state index contributed by atoms with van der Waals surface area (Å²) in [6.45, 7) is 3.69. The molecule has 1 aromatic carbocycles. The number of halogens is 1. The van der Waals surface area contributed by atoms with Crippen LogP contribution >= 0.6 is 22.9 Å². The average Bonchev–Trinajstić information content (AvgIpc) is 2.81. The molecule has 0 spiro atoms. The van der Waals surface area contributed by atoms with Crippen LogP contribution in [0.5, 0.6) is 5.75 Å². The zero-order valence-corrected chi connectivity index (χ0v) is 13.5. The minimum absolute atomic E-state index is 0.0708. The van der Waals surface area contributed by atoms with Gasteiger partial charge in [-0.1, -0.05) is 29.0 Å². The van der Waals surface area contributed by atoms with Gasteiger partial charge in [0.25, 0.3) is 10.0 Å². The van der Waals surface area contributed by atoms with E-state index in [4.69, 9.17) is 16.3 Å². The first-order valence-corrected chi connectivity index (χ1v) is 8.31. The van der Waals surface area contributed by atoms with Crippen molar-refractivity contribution in [2.75, 3.05) is 11.8 Å². The fourth-order valence-corrected chi connectivity index (χ4v) is 4.23. The number of hydrogen-bond acceptors (Lipinski definition) is 5. The zero-order valence-electron chi connectivity index (χ0n) is 11.1. The van der Waals surface area contributed by atoms with Crippen molar-refractivity contribution < 1.29 is 13.2 Å². The average molecular weight is 333 g/mol. The molecule has 20 heavy (non-hydrogen) atoms. The Hall–Kier alpha value is -1.31. The van der Waals surface area contributed by atoms with Crippen molar-refractivity contribution in [3.05, 3.63) is 33.9 Å². The lowest BCUT2D eigenvalue weighted by Gasteiger charge is -2.14. The van der Waals surface area contributed by atoms with Gasteiger partial charge >= 0.3 is 0 Å². The van der Waals surface area contributed by atoms with Crippen LogP contribution in [0, 0.1) is 13.8 Å². The van der Waals surface area contributed by atoms with E-state index in [1.165, 1.54) is 6.20 Å². The highest BCUT2D eigenvalue weighted by Crippen LogP contribution is 2.31. The van der Waals surface area contributed by atoms with E-state index in [-0.39, 0.29) is 8.68 Å². The van der Waals surface area contributed by atoms with E-state index >= 15 is 0 Å². The number of rotatable bonds is 4. The van der Waals surface area contributed by atoms with Gasteiger partial charge in [0.1, 0.15) is 5.75 Å². The number of benzene rings is 1. The summed E-state index contributed by atoms with van der Waals surface area (Å²) in [6, 6.07) is 3.50. The van der Waals surface area contributed by atoms with E-state index in [1.807, 2.05) is 6.92 Å². The van der Waals surface area contributed by atoms with E-state index in [9.17, 15) is 8.42 Å². The molecule has 0 saturated carbocycles. The number of nitrogens with one attached hydrogen (secondary N) is 1. The highest BCUT2D eigenvalue weighted by atomic mass is 35.5. The maximum absolute atomic E-state index is 12.2. The van der Waals surface area contributed by atoms with Crippen LogP contribution < -0.4 is 9.46 Å². The molecule has 0 radical (unpaired) electrons. The molecule has 0 atom stereocenters. The Kier molecular flexibility index (Phi) is 4.22. The lowest BCUT2D eigenvalue weighted by molar-refractivity contribution is 0.409. The second kappa shape index (κ2) is 5.59. The van der Waals surface area contributed by atoms with Crippen LogP contribution in [-0.4, -0.2) is 20.5 Å². The molecular formula is C12H13ClN2O3S2. The highest BCUT2D eigenvalue weighted by molar-refractivity contribution is 7.94. The molecule has 1 aromatic heterocycles. The van der Waals surface area contributed by atoms with Crippen LogP contribution in [0.1, 0.15) is 11.1 Å². The standard InChI is InChI=1S/C12H13ClN2O3S2/c1-7-4-5-9(8(2)11(7)18-3)15-20(16,17)10-6-14-12(13)19-10/h4-6,15H,1-3H3. The minimum Gasteiger partial charge on any atom is -0.496 e. The molecule has 1 heterocycles. The summed E-state index contributed by atoms with van der Waals surface area (Å²) < 4.78 is 32.5. The number of nitrogens with zero attached hydrogens (tertiary/aromatic N) is 1. The van der Waals surface area contributed by atoms with Gasteiger partial charge in [0, 0.05) is 5.56 Å². The van der Waals surface area contributed by atoms with Gasteiger partial charge in [-0.05, 0) is 25.5 Å². The molecule has 8 heteroatoms. The topological polar surface area (TPSA) is 68.3 Å². The Balaban J connectivity index is 2.40. The molecule has 2 rings (SSSR count). The molecule has 5 nitrogen and oxygen atoms in total. The summed E-state index contributed by atoms with van der Waals surface area (Å²) in [5.74, 6) is 0.660. The molecule has 0 bridgehead atoms. The molecule has 0 amide bonds. The number of hydrogen-bond donors (Lipinski definition) is 1. The number of sulfonamides is 1. The Morgan fingerprint density at radius 2 is 2.05 bits per heavy atom. The normalized spacial score (nSPS) is 11.4. The third kappa shape index (κ3) is 2.89. The molecule has 0 aliphatic rings. The maximum atomic E-state index is 12.2. The number of methoxy groups -OCH3 is 1. The first-order chi connectivity index (χ1) is 9.35. The van der Waals surface area contributed by atoms with Gasteiger partial charge in [-0.3, -0.25) is 4.72 Å². The first kappa shape index (κ1) is 15.1. The zero-order chi connectivity index (χ0) is 14.9. The molecule has 0 fully saturated rings. The monoisotopic (exact) mass is 332 g/mol. The molecule has 0 aliphatic carbocycles. The van der Waals surface area contributed by atoms with Crippen molar-refractivity contribution in [1.29, 1.82) is 0 Å². The van der Waals surface area contributed by atoms with E-state index in [0.717, 1.165) is 22.5 Å². The van der Waals surface area contributed by atoms with Crippen LogP contribution in [0.4, 0.5) is 5.69 Å². The Morgan fingerprint density at radius 3 is 2.60 bits per heavy atom. The Bertz CT molecular complexity index is 741. The maximum Gasteiger partial charge on any atom is 0.273 e. The minimum atomic E-state index is -3.69. The van der Waals surface area contributed by atoms with Crippen molar-refractivity contribution in [1.82, 2.24) is 4.98 Å². The summed E-state index contributed by atoms with van der Waals surface area (Å²) >= 11 is 6.57. The van der Waals surface area contributed by atoms with Gasteiger partial charge in [-0.25, -0.2) is 13.4 Å². The number of aryl methyl sites for hydroxylation is 1. The molecule has 108 valence electrons. The number of ether oxygens (including phenoxy) is 1. The van der Waals surface area contributed by atoms with Crippen molar-refractivity contribution in [2.45, 2.75) is 18.1 Å². The van der Waals surface area contributed by atoms with Gasteiger partial charge in [-0.15, -0.1) is 0 Å². The number of aromatic nitrogens is 1. The van der Waals surface area contributed by atoms with Crippen LogP contribution in [-0.2, 0) is 10.0 Å². The first-order valence-electron chi connectivity index (χ1n) is 5.63. The lowest BCUT2D eigenvalue weighted by atomic mass is 10.1.